The average molecular weight is 352 g/mol. The first-order valence-corrected chi connectivity index (χ1v) is 7.76. The van der Waals surface area contributed by atoms with E-state index in [2.05, 4.69) is 5.32 Å². The van der Waals surface area contributed by atoms with Crippen LogP contribution in [0.3, 0.4) is 0 Å². The lowest BCUT2D eigenvalue weighted by molar-refractivity contribution is -0.119. The minimum Gasteiger partial charge on any atom is -0.452 e. The molecule has 1 amide bonds. The predicted molar refractivity (Wildman–Crippen MR) is 91.2 cm³/mol. The summed E-state index contributed by atoms with van der Waals surface area (Å²) in [7, 11) is 0. The molecular weight excluding hydrogens is 337 g/mol. The molecule has 0 fully saturated rings. The number of rotatable bonds is 5. The van der Waals surface area contributed by atoms with E-state index in [1.54, 1.807) is 18.2 Å². The van der Waals surface area contributed by atoms with Gasteiger partial charge in [-0.15, -0.1) is 0 Å². The predicted octanol–water partition coefficient (Wildman–Crippen LogP) is 4.35. The molecule has 4 nitrogen and oxygen atoms in total. The fraction of sp³-hybridized carbons (Fsp3) is 0.176. The van der Waals surface area contributed by atoms with Crippen molar-refractivity contribution in [3.05, 3.63) is 63.6 Å². The van der Waals surface area contributed by atoms with Crippen LogP contribution < -0.4 is 5.32 Å². The lowest BCUT2D eigenvalue weighted by atomic mass is 10.1. The molecule has 0 heterocycles. The van der Waals surface area contributed by atoms with Crippen LogP contribution >= 0.6 is 23.2 Å². The van der Waals surface area contributed by atoms with Gasteiger partial charge >= 0.3 is 5.97 Å². The van der Waals surface area contributed by atoms with Crippen molar-refractivity contribution in [3.8, 4) is 0 Å². The second kappa shape index (κ2) is 7.99. The van der Waals surface area contributed by atoms with E-state index in [0.717, 1.165) is 12.0 Å². The van der Waals surface area contributed by atoms with Crippen molar-refractivity contribution in [2.24, 2.45) is 0 Å². The maximum Gasteiger partial charge on any atom is 0.340 e. The van der Waals surface area contributed by atoms with Crippen LogP contribution in [0.2, 0.25) is 10.0 Å². The highest BCUT2D eigenvalue weighted by Crippen LogP contribution is 2.25. The van der Waals surface area contributed by atoms with Crippen LogP contribution in [0, 0.1) is 0 Å². The zero-order chi connectivity index (χ0) is 16.8. The summed E-state index contributed by atoms with van der Waals surface area (Å²) < 4.78 is 4.96. The van der Waals surface area contributed by atoms with Crippen LogP contribution in [0.5, 0.6) is 0 Å². The molecule has 6 heteroatoms. The quantitative estimate of drug-likeness (QED) is 0.814. The molecule has 0 aliphatic rings. The molecule has 0 aliphatic heterocycles. The number of benzene rings is 2. The molecule has 1 N–H and O–H groups in total. The first kappa shape index (κ1) is 17.3. The van der Waals surface area contributed by atoms with Gasteiger partial charge in [-0.2, -0.15) is 0 Å². The number of hydrogen-bond donors (Lipinski definition) is 1. The Morgan fingerprint density at radius 2 is 1.87 bits per heavy atom. The van der Waals surface area contributed by atoms with E-state index in [-0.39, 0.29) is 15.6 Å². The molecule has 23 heavy (non-hydrogen) atoms. The smallest absolute Gasteiger partial charge is 0.340 e. The van der Waals surface area contributed by atoms with Gasteiger partial charge in [0.25, 0.3) is 5.91 Å². The van der Waals surface area contributed by atoms with Gasteiger partial charge in [0.1, 0.15) is 0 Å². The third-order valence-corrected chi connectivity index (χ3v) is 3.94. The zero-order valence-electron chi connectivity index (χ0n) is 12.4. The van der Waals surface area contributed by atoms with E-state index >= 15 is 0 Å². The molecule has 0 saturated carbocycles. The highest BCUT2D eigenvalue weighted by molar-refractivity contribution is 6.43. The number of aryl methyl sites for hydroxylation is 1. The molecule has 0 aromatic heterocycles. The normalized spacial score (nSPS) is 10.2. The summed E-state index contributed by atoms with van der Waals surface area (Å²) >= 11 is 11.8. The summed E-state index contributed by atoms with van der Waals surface area (Å²) in [5, 5.41) is 3.03. The second-order valence-electron chi connectivity index (χ2n) is 4.78. The number of ether oxygens (including phenoxy) is 1. The van der Waals surface area contributed by atoms with Crippen molar-refractivity contribution >= 4 is 40.8 Å². The summed E-state index contributed by atoms with van der Waals surface area (Å²) in [6, 6.07) is 12.1. The van der Waals surface area contributed by atoms with Gasteiger partial charge in [0.15, 0.2) is 6.61 Å². The van der Waals surface area contributed by atoms with Gasteiger partial charge in [-0.25, -0.2) is 4.79 Å². The van der Waals surface area contributed by atoms with Gasteiger partial charge in [0, 0.05) is 5.69 Å². The number of esters is 1. The van der Waals surface area contributed by atoms with Crippen molar-refractivity contribution in [2.45, 2.75) is 13.3 Å². The van der Waals surface area contributed by atoms with Crippen molar-refractivity contribution in [1.82, 2.24) is 0 Å². The Kier molecular flexibility index (Phi) is 6.02. The Morgan fingerprint density at radius 1 is 1.13 bits per heavy atom. The number of nitrogens with one attached hydrogen (secondary N) is 1. The largest absolute Gasteiger partial charge is 0.452 e. The van der Waals surface area contributed by atoms with Crippen molar-refractivity contribution in [3.63, 3.8) is 0 Å². The molecular formula is C17H15Cl2NO3. The van der Waals surface area contributed by atoms with E-state index in [4.69, 9.17) is 27.9 Å². The molecule has 2 aromatic carbocycles. The van der Waals surface area contributed by atoms with Crippen molar-refractivity contribution in [1.29, 1.82) is 0 Å². The Labute approximate surface area is 144 Å². The Balaban J connectivity index is 1.93. The molecule has 0 spiro atoms. The van der Waals surface area contributed by atoms with Crippen LogP contribution in [0.1, 0.15) is 22.8 Å². The summed E-state index contributed by atoms with van der Waals surface area (Å²) in [5.74, 6) is -1.13. The minimum absolute atomic E-state index is 0.107. The lowest BCUT2D eigenvalue weighted by Crippen LogP contribution is -2.21. The van der Waals surface area contributed by atoms with Gasteiger partial charge in [-0.05, 0) is 36.2 Å². The topological polar surface area (TPSA) is 55.4 Å². The summed E-state index contributed by atoms with van der Waals surface area (Å²) in [5.41, 5.74) is 1.89. The van der Waals surface area contributed by atoms with E-state index < -0.39 is 18.5 Å². The van der Waals surface area contributed by atoms with Crippen LogP contribution in [0.25, 0.3) is 0 Å². The van der Waals surface area contributed by atoms with Gasteiger partial charge in [-0.1, -0.05) is 48.3 Å². The van der Waals surface area contributed by atoms with Gasteiger partial charge < -0.3 is 10.1 Å². The van der Waals surface area contributed by atoms with Crippen molar-refractivity contribution in [2.75, 3.05) is 11.9 Å². The van der Waals surface area contributed by atoms with Crippen LogP contribution in [0.15, 0.2) is 42.5 Å². The monoisotopic (exact) mass is 351 g/mol. The number of carbonyl (C=O) groups excluding carboxylic acids is 2. The van der Waals surface area contributed by atoms with Crippen LogP contribution in [-0.2, 0) is 16.0 Å². The van der Waals surface area contributed by atoms with E-state index in [0.29, 0.717) is 5.69 Å². The number of carbonyl (C=O) groups is 2. The highest BCUT2D eigenvalue weighted by Gasteiger charge is 2.15. The number of halogens is 2. The molecule has 0 aliphatic carbocycles. The SMILES string of the molecule is CCc1cccc(NC(=O)COC(=O)c2cccc(Cl)c2Cl)c1. The Hall–Kier alpha value is -2.04. The van der Waals surface area contributed by atoms with E-state index in [1.807, 2.05) is 25.1 Å². The number of anilines is 1. The molecule has 2 rings (SSSR count). The fourth-order valence-corrected chi connectivity index (χ4v) is 2.31. The maximum absolute atomic E-state index is 11.9. The van der Waals surface area contributed by atoms with E-state index in [9.17, 15) is 9.59 Å². The van der Waals surface area contributed by atoms with E-state index in [1.165, 1.54) is 6.07 Å². The molecule has 0 unspecified atom stereocenters. The summed E-state index contributed by atoms with van der Waals surface area (Å²) in [4.78, 5) is 23.8. The molecule has 0 saturated heterocycles. The second-order valence-corrected chi connectivity index (χ2v) is 5.56. The lowest BCUT2D eigenvalue weighted by Gasteiger charge is -2.08. The third kappa shape index (κ3) is 4.71. The summed E-state index contributed by atoms with van der Waals surface area (Å²) in [6.07, 6.45) is 0.867. The van der Waals surface area contributed by atoms with Crippen LogP contribution in [-0.4, -0.2) is 18.5 Å². The minimum atomic E-state index is -0.699. The molecule has 0 radical (unpaired) electrons. The maximum atomic E-state index is 11.9. The average Bonchev–Trinajstić information content (AvgIpc) is 2.55. The third-order valence-electron chi connectivity index (χ3n) is 3.12. The zero-order valence-corrected chi connectivity index (χ0v) is 13.9. The van der Waals surface area contributed by atoms with Gasteiger partial charge in [0.2, 0.25) is 0 Å². The first-order chi connectivity index (χ1) is 11.0. The van der Waals surface area contributed by atoms with Gasteiger partial charge in [0.05, 0.1) is 15.6 Å². The molecule has 2 aromatic rings. The molecule has 120 valence electrons. The summed E-state index contributed by atoms with van der Waals surface area (Å²) in [6.45, 7) is 1.62. The fourth-order valence-electron chi connectivity index (χ4n) is 1.94. The standard InChI is InChI=1S/C17H15Cl2NO3/c1-2-11-5-3-6-12(9-11)20-15(21)10-23-17(22)13-7-4-8-14(18)16(13)19/h3-9H,2,10H2,1H3,(H,20,21). The van der Waals surface area contributed by atoms with Crippen LogP contribution in [0.4, 0.5) is 5.69 Å². The highest BCUT2D eigenvalue weighted by atomic mass is 35.5. The Morgan fingerprint density at radius 3 is 2.61 bits per heavy atom. The van der Waals surface area contributed by atoms with Crippen molar-refractivity contribution < 1.29 is 14.3 Å². The molecule has 0 atom stereocenters. The first-order valence-electron chi connectivity index (χ1n) is 7.01. The molecule has 0 bridgehead atoms. The number of amides is 1. The number of hydrogen-bond acceptors (Lipinski definition) is 3. The Bertz CT molecular complexity index is 732. The van der Waals surface area contributed by atoms with Gasteiger partial charge in [-0.3, -0.25) is 4.79 Å².